The van der Waals surface area contributed by atoms with Crippen molar-refractivity contribution >= 4 is 5.91 Å². The number of halogens is 1. The van der Waals surface area contributed by atoms with Crippen molar-refractivity contribution in [2.24, 2.45) is 0 Å². The summed E-state index contributed by atoms with van der Waals surface area (Å²) in [5.41, 5.74) is 5.51. The zero-order valence-electron chi connectivity index (χ0n) is 18.6. The third-order valence-electron chi connectivity index (χ3n) is 5.41. The molecule has 1 unspecified atom stereocenters. The summed E-state index contributed by atoms with van der Waals surface area (Å²) in [4.78, 5) is 12.8. The van der Waals surface area contributed by atoms with Crippen LogP contribution in [0.2, 0.25) is 0 Å². The van der Waals surface area contributed by atoms with Crippen molar-refractivity contribution in [1.82, 2.24) is 5.32 Å². The summed E-state index contributed by atoms with van der Waals surface area (Å²) in [6.45, 7) is 8.27. The molecule has 1 atom stereocenters. The summed E-state index contributed by atoms with van der Waals surface area (Å²) in [6.07, 6.45) is 0. The number of carbonyl (C=O) groups is 1. The van der Waals surface area contributed by atoms with E-state index in [2.05, 4.69) is 18.3 Å². The molecule has 1 N–H and O–H groups in total. The van der Waals surface area contributed by atoms with Crippen LogP contribution in [0.25, 0.3) is 0 Å². The number of nitrogens with one attached hydrogen (secondary N) is 1. The number of hydrogen-bond donors (Lipinski definition) is 1. The van der Waals surface area contributed by atoms with Crippen LogP contribution in [0.15, 0.2) is 54.6 Å². The van der Waals surface area contributed by atoms with Crippen molar-refractivity contribution in [1.29, 1.82) is 0 Å². The van der Waals surface area contributed by atoms with Crippen LogP contribution in [0.4, 0.5) is 4.39 Å². The Balaban J connectivity index is 1.76. The highest BCUT2D eigenvalue weighted by Crippen LogP contribution is 2.27. The van der Waals surface area contributed by atoms with Gasteiger partial charge in [-0.2, -0.15) is 0 Å². The number of amides is 1. The maximum absolute atomic E-state index is 13.1. The number of benzene rings is 3. The Morgan fingerprint density at radius 2 is 1.71 bits per heavy atom. The van der Waals surface area contributed by atoms with E-state index in [1.807, 2.05) is 26.8 Å². The molecule has 0 radical (unpaired) electrons. The molecular weight excluding hydrogens is 393 g/mol. The summed E-state index contributed by atoms with van der Waals surface area (Å²) >= 11 is 0. The molecule has 0 aliphatic heterocycles. The van der Waals surface area contributed by atoms with Crippen LogP contribution < -0.4 is 14.8 Å². The van der Waals surface area contributed by atoms with E-state index in [1.165, 1.54) is 17.7 Å². The van der Waals surface area contributed by atoms with Crippen LogP contribution in [0.5, 0.6) is 11.5 Å². The zero-order chi connectivity index (χ0) is 22.5. The fourth-order valence-corrected chi connectivity index (χ4v) is 3.45. The van der Waals surface area contributed by atoms with Gasteiger partial charge in [-0.3, -0.25) is 4.79 Å². The molecule has 0 heterocycles. The second-order valence-corrected chi connectivity index (χ2v) is 7.77. The number of hydrogen-bond acceptors (Lipinski definition) is 3. The molecule has 0 aliphatic rings. The lowest BCUT2D eigenvalue weighted by Crippen LogP contribution is -2.26. The molecule has 4 nitrogen and oxygen atoms in total. The minimum atomic E-state index is -0.305. The Morgan fingerprint density at radius 3 is 2.39 bits per heavy atom. The van der Waals surface area contributed by atoms with E-state index in [0.29, 0.717) is 11.3 Å². The first kappa shape index (κ1) is 22.3. The van der Waals surface area contributed by atoms with Crippen molar-refractivity contribution in [3.8, 4) is 11.5 Å². The molecular formula is C26H28FNO3. The van der Waals surface area contributed by atoms with E-state index in [0.717, 1.165) is 28.0 Å². The molecule has 0 aliphatic carbocycles. The summed E-state index contributed by atoms with van der Waals surface area (Å²) in [6, 6.07) is 15.2. The minimum absolute atomic E-state index is 0.219. The van der Waals surface area contributed by atoms with Crippen LogP contribution in [0.3, 0.4) is 0 Å². The number of ether oxygens (including phenoxy) is 2. The first-order valence-corrected chi connectivity index (χ1v) is 10.2. The van der Waals surface area contributed by atoms with Crippen molar-refractivity contribution in [3.05, 3.63) is 93.8 Å². The van der Waals surface area contributed by atoms with Gasteiger partial charge in [0.1, 0.15) is 23.9 Å². The third kappa shape index (κ3) is 5.43. The Morgan fingerprint density at radius 1 is 1.00 bits per heavy atom. The monoisotopic (exact) mass is 421 g/mol. The van der Waals surface area contributed by atoms with Crippen LogP contribution in [0.1, 0.15) is 51.1 Å². The molecule has 3 aromatic carbocycles. The number of aryl methyl sites for hydroxylation is 2. The van der Waals surface area contributed by atoms with Gasteiger partial charge in [-0.15, -0.1) is 0 Å². The molecule has 0 aromatic heterocycles. The molecule has 0 bridgehead atoms. The molecule has 0 saturated carbocycles. The lowest BCUT2D eigenvalue weighted by Gasteiger charge is -2.17. The quantitative estimate of drug-likeness (QED) is 0.522. The second-order valence-electron chi connectivity index (χ2n) is 7.77. The van der Waals surface area contributed by atoms with Crippen molar-refractivity contribution in [2.45, 2.75) is 40.3 Å². The Labute approximate surface area is 183 Å². The first-order chi connectivity index (χ1) is 14.8. The van der Waals surface area contributed by atoms with Gasteiger partial charge in [-0.05, 0) is 86.3 Å². The van der Waals surface area contributed by atoms with Crippen LogP contribution in [0, 0.1) is 26.6 Å². The molecule has 3 aromatic rings. The first-order valence-electron chi connectivity index (χ1n) is 10.2. The molecule has 0 saturated heterocycles. The van der Waals surface area contributed by atoms with Crippen LogP contribution in [-0.2, 0) is 6.61 Å². The largest absolute Gasteiger partial charge is 0.496 e. The summed E-state index contributed by atoms with van der Waals surface area (Å²) < 4.78 is 24.7. The van der Waals surface area contributed by atoms with Crippen LogP contribution in [-0.4, -0.2) is 13.0 Å². The highest BCUT2D eigenvalue weighted by molar-refractivity contribution is 5.94. The van der Waals surface area contributed by atoms with E-state index < -0.39 is 0 Å². The highest BCUT2D eigenvalue weighted by Gasteiger charge is 2.15. The molecule has 162 valence electrons. The van der Waals surface area contributed by atoms with E-state index >= 15 is 0 Å². The standard InChI is InChI=1S/C26H28FNO3/c1-16-12-17(2)18(3)25(13-16)31-15-22-14-21(8-11-24(22)30-5)26(29)28-19(4)20-6-9-23(27)10-7-20/h6-14,19H,15H2,1-5H3,(H,28,29). The predicted octanol–water partition coefficient (Wildman–Crippen LogP) is 5.83. The van der Waals surface area contributed by atoms with Gasteiger partial charge >= 0.3 is 0 Å². The van der Waals surface area contributed by atoms with Gasteiger partial charge in [0.05, 0.1) is 13.2 Å². The average molecular weight is 422 g/mol. The molecule has 1 amide bonds. The lowest BCUT2D eigenvalue weighted by molar-refractivity contribution is 0.0939. The maximum Gasteiger partial charge on any atom is 0.251 e. The van der Waals surface area contributed by atoms with Crippen molar-refractivity contribution in [3.63, 3.8) is 0 Å². The van der Waals surface area contributed by atoms with Gasteiger partial charge < -0.3 is 14.8 Å². The average Bonchev–Trinajstić information content (AvgIpc) is 2.75. The topological polar surface area (TPSA) is 47.6 Å². The Kier molecular flexibility index (Phi) is 6.95. The lowest BCUT2D eigenvalue weighted by atomic mass is 10.1. The SMILES string of the molecule is COc1ccc(C(=O)NC(C)c2ccc(F)cc2)cc1COc1cc(C)cc(C)c1C. The zero-order valence-corrected chi connectivity index (χ0v) is 18.6. The maximum atomic E-state index is 13.1. The molecule has 5 heteroatoms. The van der Waals surface area contributed by atoms with E-state index in [9.17, 15) is 9.18 Å². The van der Waals surface area contributed by atoms with Gasteiger partial charge in [-0.1, -0.05) is 18.2 Å². The summed E-state index contributed by atoms with van der Waals surface area (Å²) in [5, 5.41) is 2.95. The third-order valence-corrected chi connectivity index (χ3v) is 5.41. The fourth-order valence-electron chi connectivity index (χ4n) is 3.45. The molecule has 3 rings (SSSR count). The number of carbonyl (C=O) groups excluding carboxylic acids is 1. The number of methoxy groups -OCH3 is 1. The van der Waals surface area contributed by atoms with E-state index in [-0.39, 0.29) is 24.4 Å². The molecule has 0 fully saturated rings. The summed E-state index contributed by atoms with van der Waals surface area (Å²) in [7, 11) is 1.59. The summed E-state index contributed by atoms with van der Waals surface area (Å²) in [5.74, 6) is 0.953. The van der Waals surface area contributed by atoms with Gasteiger partial charge in [0.15, 0.2) is 0 Å². The highest BCUT2D eigenvalue weighted by atomic mass is 19.1. The van der Waals surface area contributed by atoms with Gasteiger partial charge in [-0.25, -0.2) is 4.39 Å². The van der Waals surface area contributed by atoms with Crippen molar-refractivity contribution < 1.29 is 18.7 Å². The normalized spacial score (nSPS) is 11.7. The number of rotatable bonds is 7. The van der Waals surface area contributed by atoms with Crippen LogP contribution >= 0.6 is 0 Å². The van der Waals surface area contributed by atoms with Gasteiger partial charge in [0.25, 0.3) is 5.91 Å². The fraction of sp³-hybridized carbons (Fsp3) is 0.269. The van der Waals surface area contributed by atoms with E-state index in [1.54, 1.807) is 37.4 Å². The van der Waals surface area contributed by atoms with Gasteiger partial charge in [0, 0.05) is 11.1 Å². The Bertz CT molecular complexity index is 1080. The van der Waals surface area contributed by atoms with Gasteiger partial charge in [0.2, 0.25) is 0 Å². The molecule has 31 heavy (non-hydrogen) atoms. The molecule has 0 spiro atoms. The minimum Gasteiger partial charge on any atom is -0.496 e. The smallest absolute Gasteiger partial charge is 0.251 e. The van der Waals surface area contributed by atoms with Crippen molar-refractivity contribution in [2.75, 3.05) is 7.11 Å². The predicted molar refractivity (Wildman–Crippen MR) is 120 cm³/mol. The second kappa shape index (κ2) is 9.65. The Hall–Kier alpha value is -3.34. The van der Waals surface area contributed by atoms with E-state index in [4.69, 9.17) is 9.47 Å².